The van der Waals surface area contributed by atoms with Crippen LogP contribution in [0.5, 0.6) is 0 Å². The number of piperazine rings is 1. The summed E-state index contributed by atoms with van der Waals surface area (Å²) < 4.78 is 29.9. The Morgan fingerprint density at radius 1 is 1.13 bits per heavy atom. The normalized spacial score (nSPS) is 16.8. The van der Waals surface area contributed by atoms with Crippen LogP contribution in [0.15, 0.2) is 24.3 Å². The molecule has 0 radical (unpaired) electrons. The number of benzene rings is 1. The van der Waals surface area contributed by atoms with Gasteiger partial charge < -0.3 is 9.64 Å². The second-order valence-electron chi connectivity index (χ2n) is 6.01. The van der Waals surface area contributed by atoms with Crippen molar-refractivity contribution in [2.24, 2.45) is 0 Å². The molecular formula is C16H24N2O4S. The van der Waals surface area contributed by atoms with Crippen molar-refractivity contribution < 1.29 is 17.9 Å². The van der Waals surface area contributed by atoms with Crippen LogP contribution in [0.4, 0.5) is 0 Å². The molecule has 1 heterocycles. The van der Waals surface area contributed by atoms with Crippen LogP contribution in [0.25, 0.3) is 0 Å². The molecule has 128 valence electrons. The molecule has 1 aromatic rings. The zero-order valence-electron chi connectivity index (χ0n) is 13.9. The summed E-state index contributed by atoms with van der Waals surface area (Å²) in [6, 6.07) is 7.37. The first kappa shape index (κ1) is 17.9. The summed E-state index contributed by atoms with van der Waals surface area (Å²) in [7, 11) is -3.18. The summed E-state index contributed by atoms with van der Waals surface area (Å²) in [6.07, 6.45) is 1.37. The van der Waals surface area contributed by atoms with Gasteiger partial charge in [0.05, 0.1) is 19.0 Å². The van der Waals surface area contributed by atoms with Crippen LogP contribution in [-0.2, 0) is 21.4 Å². The van der Waals surface area contributed by atoms with E-state index in [1.54, 1.807) is 17.0 Å². The van der Waals surface area contributed by atoms with Gasteiger partial charge in [-0.15, -0.1) is 0 Å². The summed E-state index contributed by atoms with van der Waals surface area (Å²) in [5, 5.41) is 0. The second kappa shape index (κ2) is 7.42. The summed E-state index contributed by atoms with van der Waals surface area (Å²) in [4.78, 5) is 14.2. The van der Waals surface area contributed by atoms with Gasteiger partial charge in [-0.3, -0.25) is 4.79 Å². The molecule has 0 aromatic heterocycles. The minimum atomic E-state index is -3.18. The molecule has 0 bridgehead atoms. The average molecular weight is 340 g/mol. The molecule has 0 saturated carbocycles. The van der Waals surface area contributed by atoms with Crippen LogP contribution in [0.3, 0.4) is 0 Å². The van der Waals surface area contributed by atoms with Gasteiger partial charge in [0.2, 0.25) is 10.0 Å². The standard InChI is InChI=1S/C16H24N2O4S/c1-13(2)22-12-14-4-6-15(7-5-14)16(19)17-8-10-18(11-9-17)23(3,20)21/h4-7,13H,8-12H2,1-3H3. The topological polar surface area (TPSA) is 66.9 Å². The highest BCUT2D eigenvalue weighted by molar-refractivity contribution is 7.88. The molecule has 6 nitrogen and oxygen atoms in total. The van der Waals surface area contributed by atoms with Gasteiger partial charge in [-0.25, -0.2) is 8.42 Å². The first-order valence-electron chi connectivity index (χ1n) is 7.72. The number of hydrogen-bond donors (Lipinski definition) is 0. The van der Waals surface area contributed by atoms with E-state index < -0.39 is 10.0 Å². The molecule has 0 N–H and O–H groups in total. The highest BCUT2D eigenvalue weighted by atomic mass is 32.2. The Labute approximate surface area is 138 Å². The third-order valence-corrected chi connectivity index (χ3v) is 5.08. The first-order chi connectivity index (χ1) is 10.8. The molecule has 0 unspecified atom stereocenters. The summed E-state index contributed by atoms with van der Waals surface area (Å²) in [5.41, 5.74) is 1.64. The predicted molar refractivity (Wildman–Crippen MR) is 88.7 cm³/mol. The molecular weight excluding hydrogens is 316 g/mol. The molecule has 1 amide bonds. The van der Waals surface area contributed by atoms with E-state index in [-0.39, 0.29) is 12.0 Å². The Bertz CT molecular complexity index is 633. The Kier molecular flexibility index (Phi) is 5.78. The maximum Gasteiger partial charge on any atom is 0.253 e. The monoisotopic (exact) mass is 340 g/mol. The maximum absolute atomic E-state index is 12.5. The number of amides is 1. The van der Waals surface area contributed by atoms with E-state index in [4.69, 9.17) is 4.74 Å². The smallest absolute Gasteiger partial charge is 0.253 e. The molecule has 7 heteroatoms. The predicted octanol–water partition coefficient (Wildman–Crippen LogP) is 1.33. The van der Waals surface area contributed by atoms with Crippen molar-refractivity contribution in [3.63, 3.8) is 0 Å². The molecule has 1 aliphatic heterocycles. The van der Waals surface area contributed by atoms with Crippen molar-refractivity contribution in [2.75, 3.05) is 32.4 Å². The molecule has 2 rings (SSSR count). The molecule has 1 fully saturated rings. The van der Waals surface area contributed by atoms with E-state index in [2.05, 4.69) is 0 Å². The SMILES string of the molecule is CC(C)OCc1ccc(C(=O)N2CCN(S(C)(=O)=O)CC2)cc1. The Balaban J connectivity index is 1.94. The van der Waals surface area contributed by atoms with E-state index in [1.807, 2.05) is 26.0 Å². The lowest BCUT2D eigenvalue weighted by Crippen LogP contribution is -2.50. The quantitative estimate of drug-likeness (QED) is 0.811. The Hall–Kier alpha value is -1.44. The van der Waals surface area contributed by atoms with E-state index in [0.717, 1.165) is 5.56 Å². The average Bonchev–Trinajstić information content (AvgIpc) is 2.52. The van der Waals surface area contributed by atoms with Crippen LogP contribution in [0.2, 0.25) is 0 Å². The number of carbonyl (C=O) groups is 1. The van der Waals surface area contributed by atoms with Crippen LogP contribution in [-0.4, -0.2) is 62.1 Å². The van der Waals surface area contributed by atoms with Gasteiger partial charge in [-0.2, -0.15) is 4.31 Å². The highest BCUT2D eigenvalue weighted by Crippen LogP contribution is 2.12. The van der Waals surface area contributed by atoms with Crippen molar-refractivity contribution in [3.8, 4) is 0 Å². The van der Waals surface area contributed by atoms with Gasteiger partial charge in [0, 0.05) is 31.7 Å². The fourth-order valence-corrected chi connectivity index (χ4v) is 3.24. The van der Waals surface area contributed by atoms with Gasteiger partial charge in [0.25, 0.3) is 5.91 Å². The highest BCUT2D eigenvalue weighted by Gasteiger charge is 2.26. The lowest BCUT2D eigenvalue weighted by Gasteiger charge is -2.33. The van der Waals surface area contributed by atoms with E-state index in [0.29, 0.717) is 38.3 Å². The fourth-order valence-electron chi connectivity index (χ4n) is 2.41. The molecule has 0 atom stereocenters. The molecule has 1 aromatic carbocycles. The number of nitrogens with zero attached hydrogens (tertiary/aromatic N) is 2. The number of sulfonamides is 1. The largest absolute Gasteiger partial charge is 0.374 e. The lowest BCUT2D eigenvalue weighted by atomic mass is 10.1. The van der Waals surface area contributed by atoms with Crippen LogP contribution in [0.1, 0.15) is 29.8 Å². The molecule has 23 heavy (non-hydrogen) atoms. The summed E-state index contributed by atoms with van der Waals surface area (Å²) in [6.45, 7) is 6.03. The van der Waals surface area contributed by atoms with Gasteiger partial charge in [-0.1, -0.05) is 12.1 Å². The number of rotatable bonds is 5. The summed E-state index contributed by atoms with van der Waals surface area (Å²) in [5.74, 6) is -0.0607. The van der Waals surface area contributed by atoms with Gasteiger partial charge in [0.1, 0.15) is 0 Å². The van der Waals surface area contributed by atoms with E-state index >= 15 is 0 Å². The Morgan fingerprint density at radius 3 is 2.17 bits per heavy atom. The maximum atomic E-state index is 12.5. The molecule has 0 aliphatic carbocycles. The van der Waals surface area contributed by atoms with Crippen LogP contribution in [0, 0.1) is 0 Å². The van der Waals surface area contributed by atoms with E-state index in [9.17, 15) is 13.2 Å². The molecule has 0 spiro atoms. The summed E-state index contributed by atoms with van der Waals surface area (Å²) >= 11 is 0. The minimum Gasteiger partial charge on any atom is -0.374 e. The third-order valence-electron chi connectivity index (χ3n) is 3.78. The van der Waals surface area contributed by atoms with Crippen molar-refractivity contribution >= 4 is 15.9 Å². The van der Waals surface area contributed by atoms with Gasteiger partial charge in [-0.05, 0) is 31.5 Å². The van der Waals surface area contributed by atoms with Crippen LogP contribution < -0.4 is 0 Å². The van der Waals surface area contributed by atoms with Crippen molar-refractivity contribution in [3.05, 3.63) is 35.4 Å². The van der Waals surface area contributed by atoms with Gasteiger partial charge in [0.15, 0.2) is 0 Å². The minimum absolute atomic E-state index is 0.0607. The van der Waals surface area contributed by atoms with Crippen molar-refractivity contribution in [1.82, 2.24) is 9.21 Å². The molecule has 1 saturated heterocycles. The van der Waals surface area contributed by atoms with Crippen molar-refractivity contribution in [1.29, 1.82) is 0 Å². The first-order valence-corrected chi connectivity index (χ1v) is 9.57. The van der Waals surface area contributed by atoms with Crippen molar-refractivity contribution in [2.45, 2.75) is 26.6 Å². The number of carbonyl (C=O) groups excluding carboxylic acids is 1. The number of hydrogen-bond acceptors (Lipinski definition) is 4. The third kappa shape index (κ3) is 5.02. The lowest BCUT2D eigenvalue weighted by molar-refractivity contribution is 0.0654. The second-order valence-corrected chi connectivity index (χ2v) is 7.99. The number of ether oxygens (including phenoxy) is 1. The zero-order chi connectivity index (χ0) is 17.0. The van der Waals surface area contributed by atoms with Crippen LogP contribution >= 0.6 is 0 Å². The zero-order valence-corrected chi connectivity index (χ0v) is 14.7. The fraction of sp³-hybridized carbons (Fsp3) is 0.562. The van der Waals surface area contributed by atoms with Gasteiger partial charge >= 0.3 is 0 Å². The Morgan fingerprint density at radius 2 is 1.70 bits per heavy atom. The molecule has 1 aliphatic rings. The van der Waals surface area contributed by atoms with E-state index in [1.165, 1.54) is 10.6 Å².